The van der Waals surface area contributed by atoms with Crippen molar-refractivity contribution in [2.45, 2.75) is 25.2 Å². The maximum absolute atomic E-state index is 12.4. The molecule has 102 valence electrons. The number of aliphatic hydroxyl groups is 1. The Hall–Kier alpha value is -0.620. The van der Waals surface area contributed by atoms with Crippen molar-refractivity contribution in [1.82, 2.24) is 4.31 Å². The first kappa shape index (κ1) is 15.4. The zero-order chi connectivity index (χ0) is 13.8. The summed E-state index contributed by atoms with van der Waals surface area (Å²) >= 11 is 5.96. The molecule has 0 aromatic heterocycles. The van der Waals surface area contributed by atoms with E-state index in [1.807, 2.05) is 13.8 Å². The molecule has 0 bridgehead atoms. The van der Waals surface area contributed by atoms with E-state index >= 15 is 0 Å². The van der Waals surface area contributed by atoms with Crippen molar-refractivity contribution in [3.8, 4) is 0 Å². The average molecular weight is 292 g/mol. The molecule has 0 saturated heterocycles. The second kappa shape index (κ2) is 6.52. The highest BCUT2D eigenvalue weighted by molar-refractivity contribution is 7.89. The Balaban J connectivity index is 3.21. The average Bonchev–Trinajstić information content (AvgIpc) is 2.32. The molecule has 1 aromatic carbocycles. The van der Waals surface area contributed by atoms with E-state index < -0.39 is 10.0 Å². The molecule has 6 heteroatoms. The third-order valence-corrected chi connectivity index (χ3v) is 4.91. The zero-order valence-electron chi connectivity index (χ0n) is 10.6. The Morgan fingerprint density at radius 3 is 2.56 bits per heavy atom. The van der Waals surface area contributed by atoms with Crippen molar-refractivity contribution in [1.29, 1.82) is 0 Å². The van der Waals surface area contributed by atoms with Crippen LogP contribution in [-0.4, -0.2) is 37.5 Å². The third kappa shape index (κ3) is 3.45. The van der Waals surface area contributed by atoms with Crippen molar-refractivity contribution >= 4 is 21.6 Å². The van der Waals surface area contributed by atoms with Gasteiger partial charge in [0, 0.05) is 13.1 Å². The highest BCUT2D eigenvalue weighted by Crippen LogP contribution is 2.25. The Labute approximate surface area is 113 Å². The van der Waals surface area contributed by atoms with Gasteiger partial charge in [0.2, 0.25) is 10.0 Å². The van der Waals surface area contributed by atoms with Gasteiger partial charge in [0.1, 0.15) is 4.90 Å². The molecule has 1 aromatic rings. The lowest BCUT2D eigenvalue weighted by Crippen LogP contribution is -2.34. The van der Waals surface area contributed by atoms with E-state index in [4.69, 9.17) is 16.7 Å². The molecule has 0 fully saturated rings. The molecule has 0 heterocycles. The minimum absolute atomic E-state index is 0.0838. The minimum Gasteiger partial charge on any atom is -0.395 e. The van der Waals surface area contributed by atoms with E-state index in [0.717, 1.165) is 5.56 Å². The fraction of sp³-hybridized carbons (Fsp3) is 0.500. The van der Waals surface area contributed by atoms with Crippen LogP contribution in [0.15, 0.2) is 23.1 Å². The molecular weight excluding hydrogens is 274 g/mol. The molecule has 0 atom stereocenters. The number of nitrogens with zero attached hydrogens (tertiary/aromatic N) is 1. The van der Waals surface area contributed by atoms with Crippen LogP contribution in [0.2, 0.25) is 5.02 Å². The van der Waals surface area contributed by atoms with Crippen molar-refractivity contribution in [3.63, 3.8) is 0 Å². The van der Waals surface area contributed by atoms with Crippen LogP contribution in [0.1, 0.15) is 18.9 Å². The van der Waals surface area contributed by atoms with Crippen LogP contribution in [0.4, 0.5) is 0 Å². The maximum atomic E-state index is 12.4. The summed E-state index contributed by atoms with van der Waals surface area (Å²) in [5.74, 6) is 0. The SMILES string of the molecule is CCCN(CCO)S(=O)(=O)c1cc(C)ccc1Cl. The van der Waals surface area contributed by atoms with Crippen LogP contribution in [0.5, 0.6) is 0 Å². The summed E-state index contributed by atoms with van der Waals surface area (Å²) in [6.45, 7) is 3.94. The largest absolute Gasteiger partial charge is 0.395 e. The molecule has 1 rings (SSSR count). The topological polar surface area (TPSA) is 57.6 Å². The molecular formula is C12H18ClNO3S. The third-order valence-electron chi connectivity index (χ3n) is 2.53. The summed E-state index contributed by atoms with van der Waals surface area (Å²) in [7, 11) is -3.64. The van der Waals surface area contributed by atoms with Gasteiger partial charge < -0.3 is 5.11 Å². The molecule has 0 saturated carbocycles. The van der Waals surface area contributed by atoms with E-state index in [1.165, 1.54) is 4.31 Å². The summed E-state index contributed by atoms with van der Waals surface area (Å²) < 4.78 is 26.1. The predicted molar refractivity (Wildman–Crippen MR) is 72.3 cm³/mol. The lowest BCUT2D eigenvalue weighted by molar-refractivity contribution is 0.253. The van der Waals surface area contributed by atoms with Gasteiger partial charge in [-0.1, -0.05) is 24.6 Å². The number of hydrogen-bond donors (Lipinski definition) is 1. The Bertz CT molecular complexity index is 496. The minimum atomic E-state index is -3.64. The van der Waals surface area contributed by atoms with Crippen LogP contribution in [0.3, 0.4) is 0 Å². The molecule has 0 amide bonds. The summed E-state index contributed by atoms with van der Waals surface area (Å²) in [6, 6.07) is 4.89. The van der Waals surface area contributed by atoms with E-state index in [0.29, 0.717) is 13.0 Å². The van der Waals surface area contributed by atoms with Crippen molar-refractivity contribution in [2.24, 2.45) is 0 Å². The summed E-state index contributed by atoms with van der Waals surface area (Å²) in [5.41, 5.74) is 0.832. The van der Waals surface area contributed by atoms with Gasteiger partial charge in [0.25, 0.3) is 0 Å². The van der Waals surface area contributed by atoms with Gasteiger partial charge in [0.05, 0.1) is 11.6 Å². The smallest absolute Gasteiger partial charge is 0.244 e. The Morgan fingerprint density at radius 2 is 2.00 bits per heavy atom. The van der Waals surface area contributed by atoms with Crippen LogP contribution >= 0.6 is 11.6 Å². The first-order valence-corrected chi connectivity index (χ1v) is 7.62. The van der Waals surface area contributed by atoms with E-state index in [9.17, 15) is 8.42 Å². The monoisotopic (exact) mass is 291 g/mol. The first-order chi connectivity index (χ1) is 8.43. The highest BCUT2D eigenvalue weighted by atomic mass is 35.5. The Kier molecular flexibility index (Phi) is 5.59. The number of aryl methyl sites for hydroxylation is 1. The number of hydrogen-bond acceptors (Lipinski definition) is 3. The molecule has 4 nitrogen and oxygen atoms in total. The van der Waals surface area contributed by atoms with Crippen molar-refractivity contribution in [3.05, 3.63) is 28.8 Å². The predicted octanol–water partition coefficient (Wildman–Crippen LogP) is 2.04. The normalized spacial score (nSPS) is 12.1. The second-order valence-electron chi connectivity index (χ2n) is 4.06. The number of aliphatic hydroxyl groups excluding tert-OH is 1. The van der Waals surface area contributed by atoms with Crippen LogP contribution < -0.4 is 0 Å². The zero-order valence-corrected chi connectivity index (χ0v) is 12.1. The summed E-state index contributed by atoms with van der Waals surface area (Å²) in [6.07, 6.45) is 0.683. The fourth-order valence-electron chi connectivity index (χ4n) is 1.66. The maximum Gasteiger partial charge on any atom is 0.244 e. The van der Waals surface area contributed by atoms with Crippen LogP contribution in [0.25, 0.3) is 0 Å². The molecule has 0 unspecified atom stereocenters. The molecule has 0 spiro atoms. The Morgan fingerprint density at radius 1 is 1.33 bits per heavy atom. The lowest BCUT2D eigenvalue weighted by atomic mass is 10.2. The standard InChI is InChI=1S/C12H18ClNO3S/c1-3-6-14(7-8-15)18(16,17)12-9-10(2)4-5-11(12)13/h4-5,9,15H,3,6-8H2,1-2H3. The number of halogens is 1. The van der Waals surface area contributed by atoms with Gasteiger partial charge in [-0.2, -0.15) is 4.31 Å². The lowest BCUT2D eigenvalue weighted by Gasteiger charge is -2.21. The van der Waals surface area contributed by atoms with Crippen molar-refractivity contribution in [2.75, 3.05) is 19.7 Å². The van der Waals surface area contributed by atoms with Crippen LogP contribution in [0, 0.1) is 6.92 Å². The second-order valence-corrected chi connectivity index (χ2v) is 6.38. The quantitative estimate of drug-likeness (QED) is 0.872. The van der Waals surface area contributed by atoms with Gasteiger partial charge in [0.15, 0.2) is 0 Å². The summed E-state index contributed by atoms with van der Waals surface area (Å²) in [5, 5.41) is 9.17. The van der Waals surface area contributed by atoms with Crippen LogP contribution in [-0.2, 0) is 10.0 Å². The molecule has 18 heavy (non-hydrogen) atoms. The number of rotatable bonds is 6. The van der Waals surface area contributed by atoms with Gasteiger partial charge >= 0.3 is 0 Å². The van der Waals surface area contributed by atoms with Gasteiger partial charge in [-0.05, 0) is 31.0 Å². The van der Waals surface area contributed by atoms with Gasteiger partial charge in [-0.15, -0.1) is 0 Å². The fourth-order valence-corrected chi connectivity index (χ4v) is 3.74. The molecule has 0 aliphatic rings. The molecule has 0 aliphatic carbocycles. The van der Waals surface area contributed by atoms with E-state index in [2.05, 4.69) is 0 Å². The van der Waals surface area contributed by atoms with E-state index in [1.54, 1.807) is 18.2 Å². The van der Waals surface area contributed by atoms with Gasteiger partial charge in [-0.25, -0.2) is 8.42 Å². The molecule has 0 aliphatic heterocycles. The highest BCUT2D eigenvalue weighted by Gasteiger charge is 2.25. The summed E-state index contributed by atoms with van der Waals surface area (Å²) in [4.78, 5) is 0.103. The number of benzene rings is 1. The number of sulfonamides is 1. The van der Waals surface area contributed by atoms with E-state index in [-0.39, 0.29) is 23.1 Å². The van der Waals surface area contributed by atoms with Crippen molar-refractivity contribution < 1.29 is 13.5 Å². The molecule has 0 radical (unpaired) electrons. The first-order valence-electron chi connectivity index (χ1n) is 5.80. The van der Waals surface area contributed by atoms with Gasteiger partial charge in [-0.3, -0.25) is 0 Å². The molecule has 1 N–H and O–H groups in total.